The predicted octanol–water partition coefficient (Wildman–Crippen LogP) is 1.17. The summed E-state index contributed by atoms with van der Waals surface area (Å²) in [6.45, 7) is 7.08. The van der Waals surface area contributed by atoms with Crippen molar-refractivity contribution in [1.29, 1.82) is 0 Å². The molecule has 1 fully saturated rings. The fraction of sp³-hybridized carbons (Fsp3) is 0.917. The van der Waals surface area contributed by atoms with E-state index in [-0.39, 0.29) is 18.1 Å². The average molecular weight is 229 g/mol. The highest BCUT2D eigenvalue weighted by molar-refractivity contribution is 5.76. The van der Waals surface area contributed by atoms with Crippen LogP contribution in [0.1, 0.15) is 40.0 Å². The van der Waals surface area contributed by atoms with Crippen LogP contribution in [0.25, 0.3) is 0 Å². The Morgan fingerprint density at radius 1 is 1.62 bits per heavy atom. The van der Waals surface area contributed by atoms with E-state index in [1.165, 1.54) is 0 Å². The van der Waals surface area contributed by atoms with Crippen molar-refractivity contribution in [1.82, 2.24) is 4.90 Å². The predicted molar refractivity (Wildman–Crippen MR) is 62.1 cm³/mol. The number of nitrogens with zero attached hydrogens (tertiary/aromatic N) is 1. The number of carbonyl (C=O) groups excluding carboxylic acids is 1. The molecule has 0 radical (unpaired) electrons. The van der Waals surface area contributed by atoms with E-state index in [1.807, 2.05) is 11.8 Å². The van der Waals surface area contributed by atoms with Gasteiger partial charge in [0.15, 0.2) is 0 Å². The summed E-state index contributed by atoms with van der Waals surface area (Å²) in [6.07, 6.45) is 1.62. The van der Waals surface area contributed by atoms with Crippen LogP contribution in [0.2, 0.25) is 0 Å². The molecule has 1 heterocycles. The fourth-order valence-electron chi connectivity index (χ4n) is 1.96. The van der Waals surface area contributed by atoms with Crippen LogP contribution in [0, 0.1) is 0 Å². The van der Waals surface area contributed by atoms with Crippen molar-refractivity contribution >= 4 is 5.91 Å². The Labute approximate surface area is 97.6 Å². The zero-order valence-electron chi connectivity index (χ0n) is 10.5. The highest BCUT2D eigenvalue weighted by Gasteiger charge is 2.28. The molecule has 0 aromatic heterocycles. The maximum atomic E-state index is 12.0. The normalized spacial score (nSPS) is 27.9. The molecular formula is C12H23NO3. The molecule has 94 valence electrons. The van der Waals surface area contributed by atoms with Crippen LogP contribution in [0.15, 0.2) is 0 Å². The minimum absolute atomic E-state index is 0.123. The SMILES string of the molecule is CCC1COC(C)CN1C(=O)CCC(C)O. The largest absolute Gasteiger partial charge is 0.393 e. The molecule has 0 aromatic rings. The molecule has 1 saturated heterocycles. The molecule has 4 heteroatoms. The second-order valence-electron chi connectivity index (χ2n) is 4.64. The molecule has 0 aromatic carbocycles. The van der Waals surface area contributed by atoms with Crippen molar-refractivity contribution in [2.24, 2.45) is 0 Å². The monoisotopic (exact) mass is 229 g/mol. The molecular weight excluding hydrogens is 206 g/mol. The number of aliphatic hydroxyl groups is 1. The average Bonchev–Trinajstić information content (AvgIpc) is 2.25. The van der Waals surface area contributed by atoms with Gasteiger partial charge in [-0.25, -0.2) is 0 Å². The maximum Gasteiger partial charge on any atom is 0.223 e. The van der Waals surface area contributed by atoms with E-state index >= 15 is 0 Å². The highest BCUT2D eigenvalue weighted by atomic mass is 16.5. The summed E-state index contributed by atoms with van der Waals surface area (Å²) in [6, 6.07) is 0.206. The molecule has 0 aliphatic carbocycles. The first-order valence-corrected chi connectivity index (χ1v) is 6.13. The standard InChI is InChI=1S/C12H23NO3/c1-4-11-8-16-10(3)7-13(11)12(15)6-5-9(2)14/h9-11,14H,4-8H2,1-3H3. The highest BCUT2D eigenvalue weighted by Crippen LogP contribution is 2.16. The van der Waals surface area contributed by atoms with E-state index in [0.717, 1.165) is 6.42 Å². The first-order valence-electron chi connectivity index (χ1n) is 6.13. The second kappa shape index (κ2) is 6.21. The van der Waals surface area contributed by atoms with E-state index in [0.29, 0.717) is 26.0 Å². The number of hydrogen-bond acceptors (Lipinski definition) is 3. The molecule has 3 unspecified atom stereocenters. The summed E-state index contributed by atoms with van der Waals surface area (Å²) in [5.41, 5.74) is 0. The van der Waals surface area contributed by atoms with Crippen molar-refractivity contribution in [2.75, 3.05) is 13.2 Å². The Kier molecular flexibility index (Phi) is 5.22. The van der Waals surface area contributed by atoms with Crippen LogP contribution in [0.3, 0.4) is 0 Å². The molecule has 1 amide bonds. The van der Waals surface area contributed by atoms with Crippen molar-refractivity contribution in [3.8, 4) is 0 Å². The lowest BCUT2D eigenvalue weighted by molar-refractivity contribution is -0.144. The molecule has 0 bridgehead atoms. The summed E-state index contributed by atoms with van der Waals surface area (Å²) in [5, 5.41) is 9.18. The third kappa shape index (κ3) is 3.76. The Hall–Kier alpha value is -0.610. The number of hydrogen-bond donors (Lipinski definition) is 1. The van der Waals surface area contributed by atoms with E-state index in [4.69, 9.17) is 4.74 Å². The van der Waals surface area contributed by atoms with Crippen LogP contribution >= 0.6 is 0 Å². The summed E-state index contributed by atoms with van der Waals surface area (Å²) < 4.78 is 5.54. The van der Waals surface area contributed by atoms with Gasteiger partial charge in [0, 0.05) is 13.0 Å². The van der Waals surface area contributed by atoms with Gasteiger partial charge < -0.3 is 14.7 Å². The van der Waals surface area contributed by atoms with E-state index in [9.17, 15) is 9.90 Å². The Bertz CT molecular complexity index is 230. The summed E-state index contributed by atoms with van der Waals surface area (Å²) in [5.74, 6) is 0.142. The van der Waals surface area contributed by atoms with Gasteiger partial charge in [-0.05, 0) is 26.7 Å². The van der Waals surface area contributed by atoms with Crippen LogP contribution < -0.4 is 0 Å². The van der Waals surface area contributed by atoms with Crippen LogP contribution in [-0.4, -0.2) is 47.3 Å². The van der Waals surface area contributed by atoms with Gasteiger partial charge in [-0.3, -0.25) is 4.79 Å². The van der Waals surface area contributed by atoms with Crippen LogP contribution in [0.4, 0.5) is 0 Å². The van der Waals surface area contributed by atoms with Gasteiger partial charge in [0.05, 0.1) is 24.9 Å². The van der Waals surface area contributed by atoms with E-state index in [2.05, 4.69) is 6.92 Å². The van der Waals surface area contributed by atoms with Gasteiger partial charge in [-0.2, -0.15) is 0 Å². The van der Waals surface area contributed by atoms with Gasteiger partial charge >= 0.3 is 0 Å². The van der Waals surface area contributed by atoms with Gasteiger partial charge in [0.2, 0.25) is 5.91 Å². The molecule has 1 aliphatic heterocycles. The first-order chi connectivity index (χ1) is 7.54. The molecule has 1 N–H and O–H groups in total. The molecule has 4 nitrogen and oxygen atoms in total. The maximum absolute atomic E-state index is 12.0. The number of amides is 1. The van der Waals surface area contributed by atoms with Gasteiger partial charge in [0.25, 0.3) is 0 Å². The minimum Gasteiger partial charge on any atom is -0.393 e. The minimum atomic E-state index is -0.400. The number of morpholine rings is 1. The molecule has 0 saturated carbocycles. The van der Waals surface area contributed by atoms with Gasteiger partial charge in [0.1, 0.15) is 0 Å². The molecule has 3 atom stereocenters. The summed E-state index contributed by atoms with van der Waals surface area (Å²) in [7, 11) is 0. The third-order valence-electron chi connectivity index (χ3n) is 3.04. The van der Waals surface area contributed by atoms with Crippen molar-refractivity contribution in [3.05, 3.63) is 0 Å². The quantitative estimate of drug-likeness (QED) is 0.787. The number of carbonyl (C=O) groups is 1. The van der Waals surface area contributed by atoms with Gasteiger partial charge in [-0.1, -0.05) is 6.92 Å². The Balaban J connectivity index is 2.49. The van der Waals surface area contributed by atoms with Crippen LogP contribution in [-0.2, 0) is 9.53 Å². The topological polar surface area (TPSA) is 49.8 Å². The molecule has 1 rings (SSSR count). The van der Waals surface area contributed by atoms with E-state index < -0.39 is 6.10 Å². The first kappa shape index (κ1) is 13.5. The Morgan fingerprint density at radius 3 is 2.88 bits per heavy atom. The lowest BCUT2D eigenvalue weighted by Gasteiger charge is -2.38. The number of aliphatic hydroxyl groups excluding tert-OH is 1. The lowest BCUT2D eigenvalue weighted by Crippen LogP contribution is -2.51. The zero-order chi connectivity index (χ0) is 12.1. The zero-order valence-corrected chi connectivity index (χ0v) is 10.5. The third-order valence-corrected chi connectivity index (χ3v) is 3.04. The van der Waals surface area contributed by atoms with Crippen molar-refractivity contribution in [3.63, 3.8) is 0 Å². The Morgan fingerprint density at radius 2 is 2.31 bits per heavy atom. The second-order valence-corrected chi connectivity index (χ2v) is 4.64. The number of ether oxygens (including phenoxy) is 1. The molecule has 0 spiro atoms. The summed E-state index contributed by atoms with van der Waals surface area (Å²) >= 11 is 0. The summed E-state index contributed by atoms with van der Waals surface area (Å²) in [4.78, 5) is 13.9. The van der Waals surface area contributed by atoms with Gasteiger partial charge in [-0.15, -0.1) is 0 Å². The molecule has 16 heavy (non-hydrogen) atoms. The lowest BCUT2D eigenvalue weighted by atomic mass is 10.1. The smallest absolute Gasteiger partial charge is 0.223 e. The van der Waals surface area contributed by atoms with Crippen molar-refractivity contribution in [2.45, 2.75) is 58.3 Å². The van der Waals surface area contributed by atoms with Crippen LogP contribution in [0.5, 0.6) is 0 Å². The van der Waals surface area contributed by atoms with E-state index in [1.54, 1.807) is 6.92 Å². The number of rotatable bonds is 4. The fourth-order valence-corrected chi connectivity index (χ4v) is 1.96. The van der Waals surface area contributed by atoms with Crippen molar-refractivity contribution < 1.29 is 14.6 Å². The molecule has 1 aliphatic rings.